The zero-order chi connectivity index (χ0) is 10.9. The number of hydrogen-bond donors (Lipinski definition) is 1. The summed E-state index contributed by atoms with van der Waals surface area (Å²) in [4.78, 5) is 23.4. The molecule has 0 aromatic carbocycles. The van der Waals surface area contributed by atoms with Crippen LogP contribution in [0.2, 0.25) is 0 Å². The van der Waals surface area contributed by atoms with Gasteiger partial charge in [0.1, 0.15) is 0 Å². The van der Waals surface area contributed by atoms with E-state index in [-0.39, 0.29) is 17.0 Å². The van der Waals surface area contributed by atoms with E-state index in [2.05, 4.69) is 5.32 Å². The Labute approximate surface area is 84.6 Å². The first-order valence-corrected chi connectivity index (χ1v) is 4.82. The molecule has 0 amide bonds. The molecule has 1 aliphatic carbocycles. The average molecular weight is 195 g/mol. The third kappa shape index (κ3) is 2.03. The highest BCUT2D eigenvalue weighted by Crippen LogP contribution is 2.34. The van der Waals surface area contributed by atoms with Crippen LogP contribution >= 0.6 is 0 Å². The average Bonchev–Trinajstić information content (AvgIpc) is 1.99. The number of rotatable bonds is 1. The molecule has 0 atom stereocenters. The molecule has 0 saturated heterocycles. The molecule has 0 aliphatic heterocycles. The molecule has 14 heavy (non-hydrogen) atoms. The second kappa shape index (κ2) is 3.56. The van der Waals surface area contributed by atoms with E-state index < -0.39 is 0 Å². The summed E-state index contributed by atoms with van der Waals surface area (Å²) >= 11 is 0. The molecule has 3 nitrogen and oxygen atoms in total. The predicted octanol–water partition coefficient (Wildman–Crippen LogP) is 1.44. The van der Waals surface area contributed by atoms with E-state index in [0.717, 1.165) is 0 Å². The molecule has 0 aromatic rings. The minimum Gasteiger partial charge on any atom is -0.391 e. The predicted molar refractivity (Wildman–Crippen MR) is 54.8 cm³/mol. The van der Waals surface area contributed by atoms with Crippen molar-refractivity contribution in [1.29, 1.82) is 0 Å². The summed E-state index contributed by atoms with van der Waals surface area (Å²) in [6, 6.07) is 0. The van der Waals surface area contributed by atoms with E-state index in [1.54, 1.807) is 14.0 Å². The van der Waals surface area contributed by atoms with Crippen LogP contribution in [0.1, 0.15) is 33.6 Å². The smallest absolute Gasteiger partial charge is 0.168 e. The SMILES string of the molecule is CNC(C)=C1C(=O)CC(C)(C)CC1=O. The van der Waals surface area contributed by atoms with Gasteiger partial charge in [-0.15, -0.1) is 0 Å². The van der Waals surface area contributed by atoms with E-state index in [1.165, 1.54) is 0 Å². The Morgan fingerprint density at radius 3 is 2.00 bits per heavy atom. The number of nitrogens with one attached hydrogen (secondary N) is 1. The van der Waals surface area contributed by atoms with Crippen molar-refractivity contribution in [3.63, 3.8) is 0 Å². The third-order valence-electron chi connectivity index (χ3n) is 2.59. The standard InChI is InChI=1S/C11H17NO2/c1-7(12-4)10-8(13)5-11(2,3)6-9(10)14/h12H,5-6H2,1-4H3. The van der Waals surface area contributed by atoms with Crippen LogP contribution in [0.25, 0.3) is 0 Å². The lowest BCUT2D eigenvalue weighted by atomic mass is 9.73. The number of carbonyl (C=O) groups excluding carboxylic acids is 2. The van der Waals surface area contributed by atoms with E-state index in [0.29, 0.717) is 24.1 Å². The maximum Gasteiger partial charge on any atom is 0.168 e. The van der Waals surface area contributed by atoms with Crippen LogP contribution in [0.15, 0.2) is 11.3 Å². The summed E-state index contributed by atoms with van der Waals surface area (Å²) in [6.45, 7) is 5.67. The molecule has 0 bridgehead atoms. The van der Waals surface area contributed by atoms with Gasteiger partial charge in [0.05, 0.1) is 5.57 Å². The Balaban J connectivity index is 3.04. The summed E-state index contributed by atoms with van der Waals surface area (Å²) in [5.74, 6) is -0.0591. The summed E-state index contributed by atoms with van der Waals surface area (Å²) in [5.41, 5.74) is 0.883. The Morgan fingerprint density at radius 1 is 1.21 bits per heavy atom. The molecule has 0 unspecified atom stereocenters. The van der Waals surface area contributed by atoms with Gasteiger partial charge in [-0.3, -0.25) is 9.59 Å². The van der Waals surface area contributed by atoms with Crippen molar-refractivity contribution >= 4 is 11.6 Å². The fourth-order valence-electron chi connectivity index (χ4n) is 1.81. The highest BCUT2D eigenvalue weighted by molar-refractivity contribution is 6.22. The number of hydrogen-bond acceptors (Lipinski definition) is 3. The quantitative estimate of drug-likeness (QED) is 0.508. The van der Waals surface area contributed by atoms with Crippen molar-refractivity contribution in [2.75, 3.05) is 7.05 Å². The van der Waals surface area contributed by atoms with Crippen molar-refractivity contribution in [3.05, 3.63) is 11.3 Å². The molecule has 0 heterocycles. The molecule has 1 rings (SSSR count). The van der Waals surface area contributed by atoms with Gasteiger partial charge in [-0.1, -0.05) is 13.8 Å². The van der Waals surface area contributed by atoms with E-state index >= 15 is 0 Å². The van der Waals surface area contributed by atoms with Crippen LogP contribution in [0, 0.1) is 5.41 Å². The Morgan fingerprint density at radius 2 is 1.64 bits per heavy atom. The first-order valence-electron chi connectivity index (χ1n) is 4.82. The minimum absolute atomic E-state index is 0.0295. The summed E-state index contributed by atoms with van der Waals surface area (Å²) in [7, 11) is 1.72. The highest BCUT2D eigenvalue weighted by Gasteiger charge is 2.36. The van der Waals surface area contributed by atoms with Gasteiger partial charge in [0, 0.05) is 25.6 Å². The molecule has 1 fully saturated rings. The van der Waals surface area contributed by atoms with Crippen LogP contribution < -0.4 is 5.32 Å². The maximum absolute atomic E-state index is 11.7. The van der Waals surface area contributed by atoms with E-state index in [1.807, 2.05) is 13.8 Å². The summed E-state index contributed by atoms with van der Waals surface area (Å²) in [5, 5.41) is 2.86. The van der Waals surface area contributed by atoms with Crippen molar-refractivity contribution in [3.8, 4) is 0 Å². The van der Waals surface area contributed by atoms with Gasteiger partial charge in [-0.2, -0.15) is 0 Å². The first kappa shape index (κ1) is 11.0. The molecule has 0 radical (unpaired) electrons. The second-order valence-electron chi connectivity index (χ2n) is 4.61. The lowest BCUT2D eigenvalue weighted by Gasteiger charge is -2.29. The van der Waals surface area contributed by atoms with E-state index in [4.69, 9.17) is 0 Å². The van der Waals surface area contributed by atoms with Crippen LogP contribution in [0.3, 0.4) is 0 Å². The molecule has 0 spiro atoms. The van der Waals surface area contributed by atoms with Gasteiger partial charge in [-0.05, 0) is 12.3 Å². The molecule has 78 valence electrons. The number of Topliss-reactive ketones (excluding diaryl/α,β-unsaturated/α-hetero) is 2. The Hall–Kier alpha value is -1.12. The van der Waals surface area contributed by atoms with Gasteiger partial charge in [-0.25, -0.2) is 0 Å². The molecule has 1 N–H and O–H groups in total. The fraction of sp³-hybridized carbons (Fsp3) is 0.636. The normalized spacial score (nSPS) is 21.0. The lowest BCUT2D eigenvalue weighted by Crippen LogP contribution is -2.33. The van der Waals surface area contributed by atoms with Crippen molar-refractivity contribution < 1.29 is 9.59 Å². The topological polar surface area (TPSA) is 46.2 Å². The molecular weight excluding hydrogens is 178 g/mol. The van der Waals surface area contributed by atoms with Crippen molar-refractivity contribution in [2.24, 2.45) is 5.41 Å². The molecule has 1 aliphatic rings. The minimum atomic E-state index is -0.175. The molecular formula is C11H17NO2. The van der Waals surface area contributed by atoms with Crippen molar-refractivity contribution in [1.82, 2.24) is 5.32 Å². The van der Waals surface area contributed by atoms with Crippen LogP contribution in [0.4, 0.5) is 0 Å². The summed E-state index contributed by atoms with van der Waals surface area (Å²) in [6.07, 6.45) is 0.931. The van der Waals surface area contributed by atoms with Crippen LogP contribution in [-0.4, -0.2) is 18.6 Å². The highest BCUT2D eigenvalue weighted by atomic mass is 16.2. The number of allylic oxidation sites excluding steroid dienone is 2. The molecule has 1 saturated carbocycles. The van der Waals surface area contributed by atoms with Gasteiger partial charge in [0.2, 0.25) is 0 Å². The molecule has 0 aromatic heterocycles. The molecule has 3 heteroatoms. The van der Waals surface area contributed by atoms with E-state index in [9.17, 15) is 9.59 Å². The monoisotopic (exact) mass is 195 g/mol. The lowest BCUT2D eigenvalue weighted by molar-refractivity contribution is -0.127. The fourth-order valence-corrected chi connectivity index (χ4v) is 1.81. The Bertz CT molecular complexity index is 291. The second-order valence-corrected chi connectivity index (χ2v) is 4.61. The van der Waals surface area contributed by atoms with Gasteiger partial charge < -0.3 is 5.32 Å². The number of ketones is 2. The van der Waals surface area contributed by atoms with Gasteiger partial charge in [0.15, 0.2) is 11.6 Å². The van der Waals surface area contributed by atoms with Crippen molar-refractivity contribution in [2.45, 2.75) is 33.6 Å². The first-order chi connectivity index (χ1) is 6.37. The van der Waals surface area contributed by atoms with Crippen LogP contribution in [0.5, 0.6) is 0 Å². The summed E-state index contributed by atoms with van der Waals surface area (Å²) < 4.78 is 0. The third-order valence-corrected chi connectivity index (χ3v) is 2.59. The maximum atomic E-state index is 11.7. The Kier molecular flexibility index (Phi) is 2.79. The van der Waals surface area contributed by atoms with Gasteiger partial charge >= 0.3 is 0 Å². The largest absolute Gasteiger partial charge is 0.391 e. The zero-order valence-electron chi connectivity index (χ0n) is 9.23. The number of carbonyl (C=O) groups is 2. The van der Waals surface area contributed by atoms with Gasteiger partial charge in [0.25, 0.3) is 0 Å². The van der Waals surface area contributed by atoms with Crippen LogP contribution in [-0.2, 0) is 9.59 Å². The zero-order valence-corrected chi connectivity index (χ0v) is 9.23.